The lowest BCUT2D eigenvalue weighted by molar-refractivity contribution is -0.128. The van der Waals surface area contributed by atoms with Crippen molar-refractivity contribution in [2.45, 2.75) is 6.42 Å². The number of benzene rings is 1. The number of hydrogen-bond acceptors (Lipinski definition) is 4. The number of fused-ring (bicyclic) bond motifs is 1. The van der Waals surface area contributed by atoms with Crippen LogP contribution in [0.4, 0.5) is 5.82 Å². The molecule has 0 bridgehead atoms. The minimum absolute atomic E-state index is 0.0557. The van der Waals surface area contributed by atoms with Crippen molar-refractivity contribution in [1.29, 1.82) is 0 Å². The number of thiocarbonyl (C=S) groups is 1. The Labute approximate surface area is 129 Å². The minimum Gasteiger partial charge on any atom is -0.389 e. The van der Waals surface area contributed by atoms with Crippen LogP contribution in [-0.2, 0) is 4.79 Å². The van der Waals surface area contributed by atoms with Crippen molar-refractivity contribution in [1.82, 2.24) is 9.88 Å². The van der Waals surface area contributed by atoms with Gasteiger partial charge in [-0.3, -0.25) is 4.79 Å². The van der Waals surface area contributed by atoms with E-state index in [2.05, 4.69) is 10.3 Å². The summed E-state index contributed by atoms with van der Waals surface area (Å²) >= 11 is 5.08. The van der Waals surface area contributed by atoms with Gasteiger partial charge in [0.05, 0.1) is 11.1 Å². The Morgan fingerprint density at radius 2 is 2.10 bits per heavy atom. The molecule has 0 radical (unpaired) electrons. The monoisotopic (exact) mass is 302 g/mol. The first-order valence-electron chi connectivity index (χ1n) is 6.62. The van der Waals surface area contributed by atoms with Crippen molar-refractivity contribution in [2.24, 2.45) is 5.73 Å². The number of carbonyl (C=O) groups is 1. The summed E-state index contributed by atoms with van der Waals surface area (Å²) in [4.78, 5) is 18.0. The van der Waals surface area contributed by atoms with Crippen molar-refractivity contribution >= 4 is 39.8 Å². The van der Waals surface area contributed by atoms with Gasteiger partial charge in [-0.25, -0.2) is 4.98 Å². The van der Waals surface area contributed by atoms with Gasteiger partial charge in [0.2, 0.25) is 5.91 Å². The summed E-state index contributed by atoms with van der Waals surface area (Å²) in [7, 11) is 3.47. The van der Waals surface area contributed by atoms with Crippen molar-refractivity contribution in [2.75, 3.05) is 26.0 Å². The third-order valence-electron chi connectivity index (χ3n) is 3.12. The van der Waals surface area contributed by atoms with E-state index in [1.54, 1.807) is 19.0 Å². The molecule has 5 nitrogen and oxygen atoms in total. The number of nitrogens with one attached hydrogen (secondary N) is 1. The van der Waals surface area contributed by atoms with E-state index in [0.717, 1.165) is 10.9 Å². The fourth-order valence-corrected chi connectivity index (χ4v) is 2.11. The Kier molecular flexibility index (Phi) is 4.70. The van der Waals surface area contributed by atoms with Crippen molar-refractivity contribution in [3.63, 3.8) is 0 Å². The first kappa shape index (κ1) is 15.2. The highest BCUT2D eigenvalue weighted by Gasteiger charge is 2.10. The van der Waals surface area contributed by atoms with Crippen LogP contribution in [0.5, 0.6) is 0 Å². The number of para-hydroxylation sites is 1. The second-order valence-electron chi connectivity index (χ2n) is 4.91. The quantitative estimate of drug-likeness (QED) is 0.824. The van der Waals surface area contributed by atoms with E-state index in [-0.39, 0.29) is 10.9 Å². The second-order valence-corrected chi connectivity index (χ2v) is 5.35. The highest BCUT2D eigenvalue weighted by Crippen LogP contribution is 2.20. The van der Waals surface area contributed by atoms with Crippen molar-refractivity contribution < 1.29 is 4.79 Å². The van der Waals surface area contributed by atoms with E-state index < -0.39 is 0 Å². The molecule has 1 heterocycles. The summed E-state index contributed by atoms with van der Waals surface area (Å²) in [6.07, 6.45) is 0.387. The van der Waals surface area contributed by atoms with Gasteiger partial charge in [0.1, 0.15) is 10.8 Å². The molecule has 1 aromatic heterocycles. The number of aromatic nitrogens is 1. The van der Waals surface area contributed by atoms with Crippen LogP contribution in [0.25, 0.3) is 10.9 Å². The molecule has 3 N–H and O–H groups in total. The Morgan fingerprint density at radius 3 is 2.76 bits per heavy atom. The number of anilines is 1. The van der Waals surface area contributed by atoms with Gasteiger partial charge in [-0.2, -0.15) is 0 Å². The van der Waals surface area contributed by atoms with Crippen LogP contribution >= 0.6 is 12.2 Å². The van der Waals surface area contributed by atoms with Gasteiger partial charge >= 0.3 is 0 Å². The van der Waals surface area contributed by atoms with E-state index in [0.29, 0.717) is 24.3 Å². The first-order valence-corrected chi connectivity index (χ1v) is 7.03. The summed E-state index contributed by atoms with van der Waals surface area (Å²) in [5.74, 6) is 0.674. The fourth-order valence-electron chi connectivity index (χ4n) is 1.95. The van der Waals surface area contributed by atoms with Crippen LogP contribution in [0.2, 0.25) is 0 Å². The highest BCUT2D eigenvalue weighted by atomic mass is 32.1. The Hall–Kier alpha value is -2.21. The Morgan fingerprint density at radius 1 is 1.38 bits per heavy atom. The van der Waals surface area contributed by atoms with E-state index in [1.807, 2.05) is 30.3 Å². The van der Waals surface area contributed by atoms with Crippen LogP contribution in [0.1, 0.15) is 12.0 Å². The van der Waals surface area contributed by atoms with E-state index in [1.165, 1.54) is 0 Å². The maximum atomic E-state index is 11.6. The minimum atomic E-state index is 0.0557. The SMILES string of the molecule is CN(C)C(=O)CCNc1nc2ccccc2cc1C(N)=S. The predicted octanol–water partition coefficient (Wildman–Crippen LogP) is 1.76. The number of hydrogen-bond donors (Lipinski definition) is 2. The molecular formula is C15H18N4OS. The van der Waals surface area contributed by atoms with E-state index >= 15 is 0 Å². The van der Waals surface area contributed by atoms with Gasteiger partial charge in [-0.05, 0) is 12.1 Å². The summed E-state index contributed by atoms with van der Waals surface area (Å²) in [5, 5.41) is 4.13. The third kappa shape index (κ3) is 3.66. The zero-order chi connectivity index (χ0) is 15.4. The number of carbonyl (C=O) groups excluding carboxylic acids is 1. The lowest BCUT2D eigenvalue weighted by Gasteiger charge is -2.13. The molecule has 1 amide bonds. The number of nitrogens with zero attached hydrogens (tertiary/aromatic N) is 2. The molecule has 0 aliphatic carbocycles. The van der Waals surface area contributed by atoms with Crippen LogP contribution in [0, 0.1) is 0 Å². The molecule has 0 spiro atoms. The number of nitrogens with two attached hydrogens (primary N) is 1. The summed E-state index contributed by atoms with van der Waals surface area (Å²) in [6, 6.07) is 9.67. The Bertz CT molecular complexity index is 684. The van der Waals surface area contributed by atoms with E-state index in [9.17, 15) is 4.79 Å². The summed E-state index contributed by atoms with van der Waals surface area (Å²) in [6.45, 7) is 0.484. The van der Waals surface area contributed by atoms with Crippen molar-refractivity contribution in [3.8, 4) is 0 Å². The van der Waals surface area contributed by atoms with Crippen LogP contribution < -0.4 is 11.1 Å². The summed E-state index contributed by atoms with van der Waals surface area (Å²) < 4.78 is 0. The zero-order valence-electron chi connectivity index (χ0n) is 12.1. The molecule has 0 aliphatic rings. The van der Waals surface area contributed by atoms with Gasteiger partial charge in [0.15, 0.2) is 0 Å². The number of pyridine rings is 1. The molecule has 21 heavy (non-hydrogen) atoms. The van der Waals surface area contributed by atoms with Crippen LogP contribution in [-0.4, -0.2) is 41.4 Å². The van der Waals surface area contributed by atoms with Gasteiger partial charge in [0, 0.05) is 32.4 Å². The van der Waals surface area contributed by atoms with Gasteiger partial charge in [-0.1, -0.05) is 30.4 Å². The van der Waals surface area contributed by atoms with Gasteiger partial charge in [-0.15, -0.1) is 0 Å². The average molecular weight is 302 g/mol. The standard InChI is InChI=1S/C15H18N4OS/c1-19(2)13(20)7-8-17-15-11(14(16)21)9-10-5-3-4-6-12(10)18-15/h3-6,9H,7-8H2,1-2H3,(H2,16,21)(H,17,18). The zero-order valence-corrected chi connectivity index (χ0v) is 12.9. The number of rotatable bonds is 5. The molecule has 0 fully saturated rings. The molecule has 2 aromatic rings. The molecule has 110 valence electrons. The maximum Gasteiger partial charge on any atom is 0.223 e. The fraction of sp³-hybridized carbons (Fsp3) is 0.267. The number of amides is 1. The highest BCUT2D eigenvalue weighted by molar-refractivity contribution is 7.80. The third-order valence-corrected chi connectivity index (χ3v) is 3.34. The van der Waals surface area contributed by atoms with Crippen molar-refractivity contribution in [3.05, 3.63) is 35.9 Å². The van der Waals surface area contributed by atoms with E-state index in [4.69, 9.17) is 18.0 Å². The molecular weight excluding hydrogens is 284 g/mol. The van der Waals surface area contributed by atoms with Gasteiger partial charge < -0.3 is 16.0 Å². The smallest absolute Gasteiger partial charge is 0.223 e. The normalized spacial score (nSPS) is 10.4. The van der Waals surface area contributed by atoms with Crippen LogP contribution in [0.3, 0.4) is 0 Å². The molecule has 6 heteroatoms. The van der Waals surface area contributed by atoms with Gasteiger partial charge in [0.25, 0.3) is 0 Å². The largest absolute Gasteiger partial charge is 0.389 e. The molecule has 0 atom stereocenters. The van der Waals surface area contributed by atoms with Crippen LogP contribution in [0.15, 0.2) is 30.3 Å². The molecule has 0 aliphatic heterocycles. The Balaban J connectivity index is 2.23. The predicted molar refractivity (Wildman–Crippen MR) is 89.4 cm³/mol. The topological polar surface area (TPSA) is 71.2 Å². The average Bonchev–Trinajstić information content (AvgIpc) is 2.46. The second kappa shape index (κ2) is 6.49. The molecule has 0 unspecified atom stereocenters. The summed E-state index contributed by atoms with van der Waals surface area (Å²) in [5.41, 5.74) is 7.32. The lowest BCUT2D eigenvalue weighted by atomic mass is 10.1. The lowest BCUT2D eigenvalue weighted by Crippen LogP contribution is -2.24. The molecule has 2 rings (SSSR count). The molecule has 0 saturated carbocycles. The maximum absolute atomic E-state index is 11.6. The molecule has 1 aromatic carbocycles. The first-order chi connectivity index (χ1) is 9.99. The molecule has 0 saturated heterocycles.